The molecule has 3 heterocycles. The number of aromatic nitrogens is 4. The van der Waals surface area contributed by atoms with E-state index in [2.05, 4.69) is 21.8 Å². The van der Waals surface area contributed by atoms with E-state index in [1.807, 2.05) is 7.05 Å². The Morgan fingerprint density at radius 2 is 1.93 bits per heavy atom. The second-order valence-electron chi connectivity index (χ2n) is 11.8. The fraction of sp³-hybridized carbons (Fsp3) is 0.414. The predicted octanol–water partition coefficient (Wildman–Crippen LogP) is 6.10. The van der Waals surface area contributed by atoms with Crippen molar-refractivity contribution < 1.29 is 27.9 Å². The van der Waals surface area contributed by atoms with Crippen LogP contribution in [-0.4, -0.2) is 47.3 Å². The summed E-state index contributed by atoms with van der Waals surface area (Å²) in [6.07, 6.45) is -1.20. The minimum absolute atomic E-state index is 0.0767. The molecule has 2 fully saturated rings. The zero-order valence-corrected chi connectivity index (χ0v) is 23.8. The summed E-state index contributed by atoms with van der Waals surface area (Å²) in [6.45, 7) is 5.22. The number of fused-ring (bicyclic) bond motifs is 1. The maximum Gasteiger partial charge on any atom is 0.416 e. The molecule has 2 saturated carbocycles. The number of halogens is 4. The van der Waals surface area contributed by atoms with Crippen LogP contribution in [0.1, 0.15) is 77.5 Å². The van der Waals surface area contributed by atoms with Gasteiger partial charge in [-0.2, -0.15) is 13.2 Å². The Balaban J connectivity index is 1.39. The maximum atomic E-state index is 14.3. The molecule has 0 bridgehead atoms. The van der Waals surface area contributed by atoms with Crippen molar-refractivity contribution in [3.8, 4) is 0 Å². The molecule has 3 aliphatic rings. The van der Waals surface area contributed by atoms with Crippen LogP contribution in [0.5, 0.6) is 0 Å². The standard InChI is InChI=1S/C29H28ClF3N6O3/c1-16-11-28(12-16,25-36-34-15-37(25)3)18-9-22(30)35-23(10-18)38-14-20-19(24(38)40)7-17(8-21(20)29(31,32)33)13-39(26(41)42)27(2)5-4-6-27/h7-10,15H,1,4-6,11-14H2,2-3H3,(H,41,42). The van der Waals surface area contributed by atoms with Crippen molar-refractivity contribution in [3.05, 3.63) is 81.5 Å². The molecule has 9 nitrogen and oxygen atoms in total. The third-order valence-electron chi connectivity index (χ3n) is 8.91. The summed E-state index contributed by atoms with van der Waals surface area (Å²) in [7, 11) is 1.82. The van der Waals surface area contributed by atoms with Crippen LogP contribution >= 0.6 is 11.6 Å². The number of carboxylic acid groups (broad SMARTS) is 1. The van der Waals surface area contributed by atoms with Gasteiger partial charge in [0.1, 0.15) is 23.1 Å². The zero-order valence-electron chi connectivity index (χ0n) is 23.0. The van der Waals surface area contributed by atoms with Crippen molar-refractivity contribution in [1.82, 2.24) is 24.6 Å². The topological polar surface area (TPSA) is 104 Å². The molecular formula is C29H28ClF3N6O3. The molecule has 13 heteroatoms. The minimum atomic E-state index is -4.76. The van der Waals surface area contributed by atoms with Crippen LogP contribution in [0.25, 0.3) is 0 Å². The third-order valence-corrected chi connectivity index (χ3v) is 9.11. The Bertz CT molecular complexity index is 1640. The fourth-order valence-electron chi connectivity index (χ4n) is 6.54. The molecule has 2 aromatic heterocycles. The van der Waals surface area contributed by atoms with E-state index in [0.29, 0.717) is 37.1 Å². The number of allylic oxidation sites excluding steroid dienone is 1. The SMILES string of the molecule is C=C1CC(c2cc(Cl)nc(N3Cc4c(cc(CN(C(=O)O)C5(C)CCC5)cc4C(F)(F)F)C3=O)c2)(c2nncn2C)C1. The number of benzene rings is 1. The van der Waals surface area contributed by atoms with Gasteiger partial charge in [0, 0.05) is 24.7 Å². The first-order valence-electron chi connectivity index (χ1n) is 13.5. The Kier molecular flexibility index (Phi) is 6.41. The lowest BCUT2D eigenvalue weighted by Gasteiger charge is -2.46. The normalized spacial score (nSPS) is 18.9. The highest BCUT2D eigenvalue weighted by Crippen LogP contribution is 2.52. The van der Waals surface area contributed by atoms with Crippen LogP contribution in [0.15, 0.2) is 42.7 Å². The largest absolute Gasteiger partial charge is 0.465 e. The van der Waals surface area contributed by atoms with Gasteiger partial charge in [-0.15, -0.1) is 10.2 Å². The second-order valence-corrected chi connectivity index (χ2v) is 12.2. The predicted molar refractivity (Wildman–Crippen MR) is 147 cm³/mol. The molecule has 1 aliphatic heterocycles. The minimum Gasteiger partial charge on any atom is -0.465 e. The molecule has 0 spiro atoms. The van der Waals surface area contributed by atoms with Gasteiger partial charge in [-0.1, -0.05) is 23.8 Å². The summed E-state index contributed by atoms with van der Waals surface area (Å²) < 4.78 is 44.8. The number of amides is 2. The zero-order chi connectivity index (χ0) is 30.2. The van der Waals surface area contributed by atoms with E-state index in [9.17, 15) is 27.9 Å². The number of alkyl halides is 3. The Labute approximate surface area is 244 Å². The maximum absolute atomic E-state index is 14.3. The van der Waals surface area contributed by atoms with Gasteiger partial charge in [-0.05, 0) is 80.0 Å². The van der Waals surface area contributed by atoms with Gasteiger partial charge in [0.15, 0.2) is 0 Å². The Morgan fingerprint density at radius 3 is 2.48 bits per heavy atom. The van der Waals surface area contributed by atoms with Crippen molar-refractivity contribution in [3.63, 3.8) is 0 Å². The number of pyridine rings is 1. The Hall–Kier alpha value is -3.93. The molecule has 1 N–H and O–H groups in total. The molecule has 0 radical (unpaired) electrons. The average Bonchev–Trinajstić information content (AvgIpc) is 3.45. The summed E-state index contributed by atoms with van der Waals surface area (Å²) >= 11 is 6.43. The average molecular weight is 601 g/mol. The second kappa shape index (κ2) is 9.55. The number of hydrogen-bond donors (Lipinski definition) is 1. The van der Waals surface area contributed by atoms with E-state index >= 15 is 0 Å². The highest BCUT2D eigenvalue weighted by atomic mass is 35.5. The molecule has 2 aliphatic carbocycles. The molecular weight excluding hydrogens is 573 g/mol. The van der Waals surface area contributed by atoms with Gasteiger partial charge in [-0.25, -0.2) is 9.78 Å². The third kappa shape index (κ3) is 4.43. The highest BCUT2D eigenvalue weighted by Gasteiger charge is 2.48. The monoisotopic (exact) mass is 600 g/mol. The number of nitrogens with zero attached hydrogens (tertiary/aromatic N) is 6. The lowest BCUT2D eigenvalue weighted by molar-refractivity contribution is -0.138. The molecule has 0 saturated heterocycles. The van der Waals surface area contributed by atoms with Gasteiger partial charge < -0.3 is 9.67 Å². The van der Waals surface area contributed by atoms with E-state index in [1.165, 1.54) is 15.9 Å². The van der Waals surface area contributed by atoms with Gasteiger partial charge in [0.05, 0.1) is 17.5 Å². The summed E-state index contributed by atoms with van der Waals surface area (Å²) in [5, 5.41) is 18.2. The lowest BCUT2D eigenvalue weighted by atomic mass is 9.61. The fourth-order valence-corrected chi connectivity index (χ4v) is 6.74. The molecule has 0 atom stereocenters. The number of carbonyl (C=O) groups is 2. The smallest absolute Gasteiger partial charge is 0.416 e. The molecule has 3 aromatic rings. The van der Waals surface area contributed by atoms with Gasteiger partial charge in [-0.3, -0.25) is 14.6 Å². The van der Waals surface area contributed by atoms with Crippen LogP contribution in [0, 0.1) is 0 Å². The highest BCUT2D eigenvalue weighted by molar-refractivity contribution is 6.29. The van der Waals surface area contributed by atoms with E-state index in [1.54, 1.807) is 30.0 Å². The van der Waals surface area contributed by atoms with Crippen molar-refractivity contribution in [2.24, 2.45) is 7.05 Å². The molecule has 42 heavy (non-hydrogen) atoms. The molecule has 2 amide bonds. The van der Waals surface area contributed by atoms with Crippen molar-refractivity contribution in [1.29, 1.82) is 0 Å². The lowest BCUT2D eigenvalue weighted by Crippen LogP contribution is -2.53. The van der Waals surface area contributed by atoms with E-state index in [4.69, 9.17) is 11.6 Å². The van der Waals surface area contributed by atoms with E-state index < -0.39 is 34.7 Å². The van der Waals surface area contributed by atoms with Crippen molar-refractivity contribution >= 4 is 29.4 Å². The summed E-state index contributed by atoms with van der Waals surface area (Å²) in [5.41, 5.74) is -0.779. The molecule has 0 unspecified atom stereocenters. The van der Waals surface area contributed by atoms with Crippen molar-refractivity contribution in [2.75, 3.05) is 4.90 Å². The van der Waals surface area contributed by atoms with E-state index in [-0.39, 0.29) is 40.8 Å². The van der Waals surface area contributed by atoms with Crippen LogP contribution in [0.4, 0.5) is 23.8 Å². The van der Waals surface area contributed by atoms with Crippen LogP contribution in [0.3, 0.4) is 0 Å². The quantitative estimate of drug-likeness (QED) is 0.271. The summed E-state index contributed by atoms with van der Waals surface area (Å²) in [5.74, 6) is 0.119. The van der Waals surface area contributed by atoms with Gasteiger partial charge >= 0.3 is 12.3 Å². The molecule has 220 valence electrons. The first-order valence-corrected chi connectivity index (χ1v) is 13.8. The van der Waals surface area contributed by atoms with Gasteiger partial charge in [0.25, 0.3) is 5.91 Å². The van der Waals surface area contributed by atoms with Crippen LogP contribution in [0.2, 0.25) is 5.15 Å². The number of rotatable bonds is 6. The van der Waals surface area contributed by atoms with Crippen LogP contribution in [-0.2, 0) is 31.7 Å². The number of aryl methyl sites for hydroxylation is 1. The van der Waals surface area contributed by atoms with E-state index in [0.717, 1.165) is 18.1 Å². The van der Waals surface area contributed by atoms with Gasteiger partial charge in [0.2, 0.25) is 0 Å². The Morgan fingerprint density at radius 1 is 1.21 bits per heavy atom. The first kappa shape index (κ1) is 28.2. The molecule has 1 aromatic carbocycles. The van der Waals surface area contributed by atoms with Crippen molar-refractivity contribution in [2.45, 2.75) is 69.2 Å². The number of carbonyl (C=O) groups excluding carboxylic acids is 1. The first-order chi connectivity index (χ1) is 19.7. The van der Waals surface area contributed by atoms with Crippen LogP contribution < -0.4 is 4.90 Å². The number of anilines is 1. The summed E-state index contributed by atoms with van der Waals surface area (Å²) in [4.78, 5) is 32.4. The number of hydrogen-bond acceptors (Lipinski definition) is 5. The molecule has 6 rings (SSSR count). The summed E-state index contributed by atoms with van der Waals surface area (Å²) in [6, 6.07) is 5.65.